The molecule has 7 heteroatoms. The Morgan fingerprint density at radius 1 is 1.00 bits per heavy atom. The number of fused-ring (bicyclic) bond motifs is 1. The molecule has 0 aliphatic rings. The van der Waals surface area contributed by atoms with E-state index in [1.54, 1.807) is 36.4 Å². The minimum absolute atomic E-state index is 0.271. The lowest BCUT2D eigenvalue weighted by Gasteiger charge is -2.10. The standard InChI is InChI=1S/C24H19N3O4/c1-31-21-14-8-6-12-18(21)20(28)15-27-19-13-7-5-11-17(19)22(16-9-3-2-4-10-16)25-23(26-30)24(27)29/h2-14,30H,15H2,1H3/b26-23+. The lowest BCUT2D eigenvalue weighted by molar-refractivity contribution is 0.0969. The van der Waals surface area contributed by atoms with Crippen molar-refractivity contribution in [1.82, 2.24) is 9.55 Å². The molecule has 3 aromatic carbocycles. The van der Waals surface area contributed by atoms with Crippen molar-refractivity contribution in [2.24, 2.45) is 5.16 Å². The van der Waals surface area contributed by atoms with Gasteiger partial charge in [-0.3, -0.25) is 14.2 Å². The zero-order valence-electron chi connectivity index (χ0n) is 16.7. The van der Waals surface area contributed by atoms with Crippen LogP contribution in [0.5, 0.6) is 5.75 Å². The van der Waals surface area contributed by atoms with Gasteiger partial charge in [0.2, 0.25) is 0 Å². The highest BCUT2D eigenvalue weighted by atomic mass is 16.5. The van der Waals surface area contributed by atoms with Crippen molar-refractivity contribution in [3.63, 3.8) is 0 Å². The van der Waals surface area contributed by atoms with Crippen LogP contribution in [0.2, 0.25) is 0 Å². The van der Waals surface area contributed by atoms with Crippen molar-refractivity contribution >= 4 is 16.7 Å². The van der Waals surface area contributed by atoms with Gasteiger partial charge in [0.15, 0.2) is 5.78 Å². The molecule has 0 atom stereocenters. The van der Waals surface area contributed by atoms with Crippen molar-refractivity contribution in [1.29, 1.82) is 0 Å². The fourth-order valence-corrected chi connectivity index (χ4v) is 3.50. The minimum atomic E-state index is -0.677. The van der Waals surface area contributed by atoms with Crippen molar-refractivity contribution in [3.05, 3.63) is 100 Å². The Kier molecular flexibility index (Phi) is 5.57. The smallest absolute Gasteiger partial charge is 0.299 e. The fraction of sp³-hybridized carbons (Fsp3) is 0.0833. The van der Waals surface area contributed by atoms with E-state index in [1.807, 2.05) is 42.5 Å². The van der Waals surface area contributed by atoms with Gasteiger partial charge in [-0.05, 0) is 18.2 Å². The number of ketones is 1. The Hall–Kier alpha value is -4.26. The van der Waals surface area contributed by atoms with E-state index in [9.17, 15) is 14.8 Å². The van der Waals surface area contributed by atoms with E-state index in [0.29, 0.717) is 27.9 Å². The third-order valence-corrected chi connectivity index (χ3v) is 4.96. The Bertz CT molecular complexity index is 1400. The molecule has 7 nitrogen and oxygen atoms in total. The number of carbonyl (C=O) groups is 1. The molecule has 4 aromatic rings. The normalized spacial score (nSPS) is 11.5. The number of aromatic nitrogens is 2. The molecule has 1 aromatic heterocycles. The lowest BCUT2D eigenvalue weighted by atomic mass is 10.1. The summed E-state index contributed by atoms with van der Waals surface area (Å²) in [5.41, 5.74) is 1.00. The molecule has 0 bridgehead atoms. The van der Waals surface area contributed by atoms with Crippen molar-refractivity contribution in [2.75, 3.05) is 7.11 Å². The van der Waals surface area contributed by atoms with Crippen molar-refractivity contribution in [3.8, 4) is 17.0 Å². The Balaban J connectivity index is 2.00. The molecule has 0 amide bonds. The molecule has 0 spiro atoms. The van der Waals surface area contributed by atoms with E-state index in [0.717, 1.165) is 5.56 Å². The lowest BCUT2D eigenvalue weighted by Crippen LogP contribution is -2.36. The zero-order chi connectivity index (χ0) is 21.8. The summed E-state index contributed by atoms with van der Waals surface area (Å²) in [6.07, 6.45) is 0. The topological polar surface area (TPSA) is 93.8 Å². The van der Waals surface area contributed by atoms with Crippen LogP contribution in [0.25, 0.3) is 22.2 Å². The van der Waals surface area contributed by atoms with Gasteiger partial charge in [0, 0.05) is 10.9 Å². The van der Waals surface area contributed by atoms with E-state index in [4.69, 9.17) is 4.74 Å². The van der Waals surface area contributed by atoms with E-state index in [1.165, 1.54) is 11.7 Å². The summed E-state index contributed by atoms with van der Waals surface area (Å²) in [7, 11) is 1.48. The third-order valence-electron chi connectivity index (χ3n) is 4.96. The molecule has 0 saturated carbocycles. The summed E-state index contributed by atoms with van der Waals surface area (Å²) >= 11 is 0. The summed E-state index contributed by atoms with van der Waals surface area (Å²) in [5, 5.41) is 13.3. The van der Waals surface area contributed by atoms with Gasteiger partial charge in [-0.2, -0.15) is 0 Å². The van der Waals surface area contributed by atoms with Crippen LogP contribution >= 0.6 is 0 Å². The summed E-state index contributed by atoms with van der Waals surface area (Å²) in [5.74, 6) is 0.0985. The van der Waals surface area contributed by atoms with Crippen molar-refractivity contribution < 1.29 is 14.7 Å². The molecule has 1 N–H and O–H groups in total. The van der Waals surface area contributed by atoms with E-state index in [-0.39, 0.29) is 12.3 Å². The van der Waals surface area contributed by atoms with Crippen LogP contribution in [0.4, 0.5) is 0 Å². The molecular formula is C24H19N3O4. The average molecular weight is 413 g/mol. The number of methoxy groups -OCH3 is 1. The highest BCUT2D eigenvalue weighted by molar-refractivity contribution is 5.99. The van der Waals surface area contributed by atoms with Gasteiger partial charge in [-0.25, -0.2) is 4.98 Å². The van der Waals surface area contributed by atoms with Crippen LogP contribution in [-0.4, -0.2) is 27.7 Å². The first-order valence-electron chi connectivity index (χ1n) is 9.57. The monoisotopic (exact) mass is 413 g/mol. The SMILES string of the molecule is COc1ccccc1C(=O)Cn1c(=O)/c(=N\O)nc(-c2ccccc2)c2ccccc21. The van der Waals surface area contributed by atoms with Crippen LogP contribution in [0.1, 0.15) is 10.4 Å². The molecular weight excluding hydrogens is 394 g/mol. The summed E-state index contributed by atoms with van der Waals surface area (Å²) < 4.78 is 6.56. The molecule has 31 heavy (non-hydrogen) atoms. The number of rotatable bonds is 5. The largest absolute Gasteiger partial charge is 0.496 e. The first-order chi connectivity index (χ1) is 15.1. The number of para-hydroxylation sites is 2. The minimum Gasteiger partial charge on any atom is -0.496 e. The highest BCUT2D eigenvalue weighted by Crippen LogP contribution is 2.25. The van der Waals surface area contributed by atoms with E-state index >= 15 is 0 Å². The first-order valence-corrected chi connectivity index (χ1v) is 9.57. The van der Waals surface area contributed by atoms with Crippen LogP contribution in [0, 0.1) is 0 Å². The molecule has 0 saturated heterocycles. The van der Waals surface area contributed by atoms with Gasteiger partial charge in [0.1, 0.15) is 5.75 Å². The zero-order valence-corrected chi connectivity index (χ0v) is 16.7. The molecule has 1 heterocycles. The molecule has 0 radical (unpaired) electrons. The second-order valence-corrected chi connectivity index (χ2v) is 6.78. The van der Waals surface area contributed by atoms with Crippen LogP contribution in [0.3, 0.4) is 0 Å². The molecule has 0 aliphatic carbocycles. The van der Waals surface area contributed by atoms with Gasteiger partial charge < -0.3 is 9.94 Å². The number of hydrogen-bond donors (Lipinski definition) is 1. The number of carbonyl (C=O) groups excluding carboxylic acids is 1. The second-order valence-electron chi connectivity index (χ2n) is 6.78. The van der Waals surface area contributed by atoms with Crippen molar-refractivity contribution in [2.45, 2.75) is 6.54 Å². The van der Waals surface area contributed by atoms with Crippen LogP contribution < -0.4 is 15.8 Å². The number of Topliss-reactive ketones (excluding diaryl/α,β-unsaturated/α-hetero) is 1. The third kappa shape index (κ3) is 3.81. The van der Waals surface area contributed by atoms with E-state index < -0.39 is 11.0 Å². The molecule has 4 rings (SSSR count). The second kappa shape index (κ2) is 8.62. The van der Waals surface area contributed by atoms with Crippen LogP contribution in [-0.2, 0) is 6.54 Å². The Morgan fingerprint density at radius 3 is 2.42 bits per heavy atom. The van der Waals surface area contributed by atoms with E-state index in [2.05, 4.69) is 10.1 Å². The Morgan fingerprint density at radius 2 is 1.68 bits per heavy atom. The van der Waals surface area contributed by atoms with Gasteiger partial charge >= 0.3 is 0 Å². The summed E-state index contributed by atoms with van der Waals surface area (Å²) in [6, 6.07) is 23.2. The molecule has 154 valence electrons. The van der Waals surface area contributed by atoms with Gasteiger partial charge in [0.05, 0.1) is 30.4 Å². The first kappa shape index (κ1) is 20.0. The molecule has 0 aliphatic heterocycles. The van der Waals surface area contributed by atoms with Gasteiger partial charge in [-0.1, -0.05) is 65.8 Å². The quantitative estimate of drug-likeness (QED) is 0.308. The van der Waals surface area contributed by atoms with Gasteiger partial charge in [-0.15, -0.1) is 0 Å². The highest BCUT2D eigenvalue weighted by Gasteiger charge is 2.17. The number of ether oxygens (including phenoxy) is 1. The maximum atomic E-state index is 13.2. The fourth-order valence-electron chi connectivity index (χ4n) is 3.50. The maximum absolute atomic E-state index is 13.2. The number of hydrogen-bond acceptors (Lipinski definition) is 6. The number of benzene rings is 3. The van der Waals surface area contributed by atoms with Crippen LogP contribution in [0.15, 0.2) is 88.8 Å². The molecule has 0 fully saturated rings. The average Bonchev–Trinajstić information content (AvgIpc) is 2.94. The predicted octanol–water partition coefficient (Wildman–Crippen LogP) is 3.24. The maximum Gasteiger partial charge on any atom is 0.299 e. The summed E-state index contributed by atoms with van der Waals surface area (Å²) in [6.45, 7) is -0.271. The predicted molar refractivity (Wildman–Crippen MR) is 116 cm³/mol. The summed E-state index contributed by atoms with van der Waals surface area (Å²) in [4.78, 5) is 30.6. The number of nitrogens with zero attached hydrogens (tertiary/aromatic N) is 3. The Labute approximate surface area is 177 Å². The van der Waals surface area contributed by atoms with Gasteiger partial charge in [0.25, 0.3) is 11.0 Å². The molecule has 0 unspecified atom stereocenters.